The maximum Gasteiger partial charge on any atom is 0.0164 e. The zero-order valence-corrected chi connectivity index (χ0v) is 18.5. The summed E-state index contributed by atoms with van der Waals surface area (Å²) in [5.74, 6) is 0.628. The summed E-state index contributed by atoms with van der Waals surface area (Å²) >= 11 is 0. The van der Waals surface area contributed by atoms with Gasteiger partial charge in [0.2, 0.25) is 0 Å². The largest absolute Gasteiger partial charge is 0.293 e. The first kappa shape index (κ1) is 20.9. The van der Waals surface area contributed by atoms with E-state index in [0.717, 1.165) is 19.4 Å². The van der Waals surface area contributed by atoms with E-state index in [9.17, 15) is 0 Å². The standard InChI is InChI=1S/C27H37N/c1-7-9-10-21-11-13-22(14-12-21)23-15-17-24(18-16-23)25-19-26(3,4)28(8-2)27(5,6)20-25/h7,11-18,25H,1,8-10,19-20H2,2-6H3. The summed E-state index contributed by atoms with van der Waals surface area (Å²) in [6.45, 7) is 16.9. The first-order valence-electron chi connectivity index (χ1n) is 10.8. The number of aryl methyl sites for hydroxylation is 1. The number of nitrogens with zero attached hydrogens (tertiary/aromatic N) is 1. The van der Waals surface area contributed by atoms with E-state index in [0.29, 0.717) is 5.92 Å². The molecule has 1 nitrogen and oxygen atoms in total. The van der Waals surface area contributed by atoms with Gasteiger partial charge in [-0.1, -0.05) is 61.5 Å². The lowest BCUT2D eigenvalue weighted by molar-refractivity contribution is -0.0316. The van der Waals surface area contributed by atoms with Gasteiger partial charge in [-0.2, -0.15) is 0 Å². The zero-order chi connectivity index (χ0) is 20.4. The summed E-state index contributed by atoms with van der Waals surface area (Å²) in [5.41, 5.74) is 5.96. The summed E-state index contributed by atoms with van der Waals surface area (Å²) in [6, 6.07) is 18.3. The van der Waals surface area contributed by atoms with Crippen LogP contribution in [0.25, 0.3) is 11.1 Å². The van der Waals surface area contributed by atoms with Gasteiger partial charge in [0.25, 0.3) is 0 Å². The quantitative estimate of drug-likeness (QED) is 0.481. The lowest BCUT2D eigenvalue weighted by Gasteiger charge is -2.55. The fraction of sp³-hybridized carbons (Fsp3) is 0.481. The van der Waals surface area contributed by atoms with Crippen LogP contribution in [0.4, 0.5) is 0 Å². The molecule has 2 aromatic rings. The molecule has 0 radical (unpaired) electrons. The van der Waals surface area contributed by atoms with Gasteiger partial charge in [-0.25, -0.2) is 0 Å². The molecule has 1 heteroatoms. The summed E-state index contributed by atoms with van der Waals surface area (Å²) in [5, 5.41) is 0. The Morgan fingerprint density at radius 1 is 0.893 bits per heavy atom. The molecule has 0 N–H and O–H groups in total. The van der Waals surface area contributed by atoms with Crippen LogP contribution in [0.3, 0.4) is 0 Å². The number of rotatable bonds is 6. The van der Waals surface area contributed by atoms with Crippen LogP contribution in [-0.4, -0.2) is 22.5 Å². The highest BCUT2D eigenvalue weighted by Crippen LogP contribution is 2.45. The molecule has 1 saturated heterocycles. The Labute approximate surface area is 172 Å². The summed E-state index contributed by atoms with van der Waals surface area (Å²) in [4.78, 5) is 2.68. The molecule has 28 heavy (non-hydrogen) atoms. The Hall–Kier alpha value is -1.86. The van der Waals surface area contributed by atoms with Gasteiger partial charge in [-0.05, 0) is 88.1 Å². The van der Waals surface area contributed by atoms with E-state index in [1.54, 1.807) is 0 Å². The molecule has 150 valence electrons. The number of allylic oxidation sites excluding steroid dienone is 1. The number of hydrogen-bond donors (Lipinski definition) is 0. The molecule has 1 aliphatic heterocycles. The predicted octanol–water partition coefficient (Wildman–Crippen LogP) is 7.23. The molecule has 1 fully saturated rings. The van der Waals surface area contributed by atoms with Crippen LogP contribution in [0.1, 0.15) is 70.9 Å². The number of piperidine rings is 1. The predicted molar refractivity (Wildman–Crippen MR) is 123 cm³/mol. The van der Waals surface area contributed by atoms with Gasteiger partial charge >= 0.3 is 0 Å². The van der Waals surface area contributed by atoms with E-state index in [1.165, 1.54) is 35.1 Å². The summed E-state index contributed by atoms with van der Waals surface area (Å²) in [6.07, 6.45) is 6.55. The summed E-state index contributed by atoms with van der Waals surface area (Å²) < 4.78 is 0. The molecule has 0 bridgehead atoms. The minimum Gasteiger partial charge on any atom is -0.293 e. The Kier molecular flexibility index (Phi) is 6.15. The van der Waals surface area contributed by atoms with Crippen molar-refractivity contribution >= 4 is 0 Å². The molecule has 0 atom stereocenters. The van der Waals surface area contributed by atoms with E-state index in [1.807, 2.05) is 6.08 Å². The summed E-state index contributed by atoms with van der Waals surface area (Å²) in [7, 11) is 0. The van der Waals surface area contributed by atoms with Gasteiger partial charge in [0.15, 0.2) is 0 Å². The first-order valence-corrected chi connectivity index (χ1v) is 10.8. The molecule has 0 amide bonds. The molecular formula is C27H37N. The lowest BCUT2D eigenvalue weighted by Crippen LogP contribution is -2.59. The Balaban J connectivity index is 1.76. The van der Waals surface area contributed by atoms with Crippen LogP contribution in [0.15, 0.2) is 61.2 Å². The molecule has 1 aliphatic rings. The lowest BCUT2D eigenvalue weighted by atomic mass is 9.71. The normalized spacial score (nSPS) is 19.5. The SMILES string of the molecule is C=CCCc1ccc(-c2ccc(C3CC(C)(C)N(CC)C(C)(C)C3)cc2)cc1. The second-order valence-electron chi connectivity index (χ2n) is 9.62. The van der Waals surface area contributed by atoms with Gasteiger partial charge in [0, 0.05) is 11.1 Å². The molecule has 0 saturated carbocycles. The maximum absolute atomic E-state index is 3.81. The van der Waals surface area contributed by atoms with Crippen LogP contribution in [-0.2, 0) is 6.42 Å². The second-order valence-corrected chi connectivity index (χ2v) is 9.62. The van der Waals surface area contributed by atoms with Crippen molar-refractivity contribution in [2.24, 2.45) is 0 Å². The molecule has 3 rings (SSSR count). The topological polar surface area (TPSA) is 3.24 Å². The van der Waals surface area contributed by atoms with Gasteiger partial charge in [0.05, 0.1) is 0 Å². The molecule has 0 aromatic heterocycles. The van der Waals surface area contributed by atoms with Crippen molar-refractivity contribution in [2.75, 3.05) is 6.54 Å². The fourth-order valence-corrected chi connectivity index (χ4v) is 5.49. The van der Waals surface area contributed by atoms with E-state index < -0.39 is 0 Å². The maximum atomic E-state index is 3.81. The Morgan fingerprint density at radius 3 is 1.86 bits per heavy atom. The highest BCUT2D eigenvalue weighted by molar-refractivity contribution is 5.64. The van der Waals surface area contributed by atoms with Crippen molar-refractivity contribution in [3.63, 3.8) is 0 Å². The van der Waals surface area contributed by atoms with Gasteiger partial charge in [0.1, 0.15) is 0 Å². The van der Waals surface area contributed by atoms with E-state index in [-0.39, 0.29) is 11.1 Å². The Bertz CT molecular complexity index is 762. The number of likely N-dealkylation sites (tertiary alicyclic amines) is 1. The van der Waals surface area contributed by atoms with Gasteiger partial charge in [-0.15, -0.1) is 6.58 Å². The van der Waals surface area contributed by atoms with Crippen molar-refractivity contribution in [3.05, 3.63) is 72.3 Å². The van der Waals surface area contributed by atoms with Crippen molar-refractivity contribution < 1.29 is 0 Å². The second kappa shape index (κ2) is 8.25. The smallest absolute Gasteiger partial charge is 0.0164 e. The van der Waals surface area contributed by atoms with Gasteiger partial charge < -0.3 is 0 Å². The highest BCUT2D eigenvalue weighted by Gasteiger charge is 2.44. The Morgan fingerprint density at radius 2 is 1.39 bits per heavy atom. The van der Waals surface area contributed by atoms with Crippen LogP contribution in [0.5, 0.6) is 0 Å². The minimum absolute atomic E-state index is 0.237. The number of benzene rings is 2. The number of hydrogen-bond acceptors (Lipinski definition) is 1. The zero-order valence-electron chi connectivity index (χ0n) is 18.5. The molecular weight excluding hydrogens is 338 g/mol. The molecule has 0 spiro atoms. The van der Waals surface area contributed by atoms with Crippen LogP contribution in [0.2, 0.25) is 0 Å². The van der Waals surface area contributed by atoms with Crippen molar-refractivity contribution in [1.82, 2.24) is 4.90 Å². The molecule has 1 heterocycles. The third-order valence-electron chi connectivity index (χ3n) is 6.58. The van der Waals surface area contributed by atoms with Crippen LogP contribution in [0, 0.1) is 0 Å². The minimum atomic E-state index is 0.237. The van der Waals surface area contributed by atoms with E-state index in [2.05, 4.69) is 94.6 Å². The van der Waals surface area contributed by atoms with Crippen molar-refractivity contribution in [3.8, 4) is 11.1 Å². The fourth-order valence-electron chi connectivity index (χ4n) is 5.49. The van der Waals surface area contributed by atoms with Crippen molar-refractivity contribution in [1.29, 1.82) is 0 Å². The molecule has 0 unspecified atom stereocenters. The first-order chi connectivity index (χ1) is 13.3. The average molecular weight is 376 g/mol. The third-order valence-corrected chi connectivity index (χ3v) is 6.58. The van der Waals surface area contributed by atoms with Crippen molar-refractivity contribution in [2.45, 2.75) is 77.3 Å². The van der Waals surface area contributed by atoms with E-state index in [4.69, 9.17) is 0 Å². The molecule has 2 aromatic carbocycles. The van der Waals surface area contributed by atoms with Crippen LogP contribution < -0.4 is 0 Å². The third kappa shape index (κ3) is 4.41. The monoisotopic (exact) mass is 375 g/mol. The van der Waals surface area contributed by atoms with Gasteiger partial charge in [-0.3, -0.25) is 4.90 Å². The van der Waals surface area contributed by atoms with Crippen LogP contribution >= 0.6 is 0 Å². The average Bonchev–Trinajstić information content (AvgIpc) is 2.65. The molecule has 0 aliphatic carbocycles. The van der Waals surface area contributed by atoms with E-state index >= 15 is 0 Å². The highest BCUT2D eigenvalue weighted by atomic mass is 15.3.